The monoisotopic (exact) mass is 259 g/mol. The van der Waals surface area contributed by atoms with Gasteiger partial charge in [-0.3, -0.25) is 0 Å². The Kier molecular flexibility index (Phi) is 5.91. The lowest BCUT2D eigenvalue weighted by atomic mass is 9.80. The first kappa shape index (κ1) is 14.6. The molecule has 1 fully saturated rings. The van der Waals surface area contributed by atoms with Crippen molar-refractivity contribution in [3.8, 4) is 0 Å². The van der Waals surface area contributed by atoms with E-state index in [0.29, 0.717) is 5.92 Å². The molecule has 1 aliphatic carbocycles. The lowest BCUT2D eigenvalue weighted by molar-refractivity contribution is 0.247. The average Bonchev–Trinajstić information content (AvgIpc) is 2.46. The first-order valence-corrected chi connectivity index (χ1v) is 8.03. The molecule has 0 radical (unpaired) electrons. The van der Waals surface area contributed by atoms with Gasteiger partial charge in [-0.2, -0.15) is 0 Å². The minimum atomic E-state index is 0.664. The largest absolute Gasteiger partial charge is 0.316 e. The summed E-state index contributed by atoms with van der Waals surface area (Å²) in [5.41, 5.74) is 1.47. The van der Waals surface area contributed by atoms with E-state index >= 15 is 0 Å². The molecule has 0 bridgehead atoms. The molecular weight excluding hydrogens is 230 g/mol. The molecule has 0 saturated heterocycles. The van der Waals surface area contributed by atoms with Crippen LogP contribution < -0.4 is 5.32 Å². The first-order chi connectivity index (χ1) is 9.27. The fourth-order valence-electron chi connectivity index (χ4n) is 3.25. The molecule has 1 aromatic rings. The molecule has 1 saturated carbocycles. The predicted molar refractivity (Wildman–Crippen MR) is 83.5 cm³/mol. The van der Waals surface area contributed by atoms with Gasteiger partial charge >= 0.3 is 0 Å². The van der Waals surface area contributed by atoms with Gasteiger partial charge in [0, 0.05) is 0 Å². The SMILES string of the molecule is CC(CCNCC1CCCCC1C)c1ccccc1. The molecule has 0 aromatic heterocycles. The Morgan fingerprint density at radius 1 is 1.16 bits per heavy atom. The molecule has 106 valence electrons. The van der Waals surface area contributed by atoms with Crippen molar-refractivity contribution in [3.05, 3.63) is 35.9 Å². The summed E-state index contributed by atoms with van der Waals surface area (Å²) in [6.07, 6.45) is 7.00. The number of hydrogen-bond acceptors (Lipinski definition) is 1. The zero-order valence-corrected chi connectivity index (χ0v) is 12.6. The Labute approximate surface area is 118 Å². The van der Waals surface area contributed by atoms with Crippen molar-refractivity contribution in [2.75, 3.05) is 13.1 Å². The third kappa shape index (κ3) is 4.65. The number of benzene rings is 1. The first-order valence-electron chi connectivity index (χ1n) is 8.03. The van der Waals surface area contributed by atoms with Crippen molar-refractivity contribution < 1.29 is 0 Å². The van der Waals surface area contributed by atoms with Gasteiger partial charge in [0.15, 0.2) is 0 Å². The molecule has 2 rings (SSSR count). The second kappa shape index (κ2) is 7.69. The van der Waals surface area contributed by atoms with Gasteiger partial charge in [-0.15, -0.1) is 0 Å². The summed E-state index contributed by atoms with van der Waals surface area (Å²) in [4.78, 5) is 0. The molecular formula is C18H29N. The van der Waals surface area contributed by atoms with Gasteiger partial charge in [0.05, 0.1) is 0 Å². The minimum absolute atomic E-state index is 0.664. The van der Waals surface area contributed by atoms with E-state index in [0.717, 1.165) is 18.4 Å². The third-order valence-corrected chi connectivity index (χ3v) is 4.82. The highest BCUT2D eigenvalue weighted by Crippen LogP contribution is 2.28. The summed E-state index contributed by atoms with van der Waals surface area (Å²) < 4.78 is 0. The smallest absolute Gasteiger partial charge is 0.00180 e. The van der Waals surface area contributed by atoms with Crippen molar-refractivity contribution in [1.82, 2.24) is 5.32 Å². The van der Waals surface area contributed by atoms with E-state index in [4.69, 9.17) is 0 Å². The van der Waals surface area contributed by atoms with E-state index in [-0.39, 0.29) is 0 Å². The summed E-state index contributed by atoms with van der Waals surface area (Å²) in [7, 11) is 0. The Morgan fingerprint density at radius 3 is 2.63 bits per heavy atom. The van der Waals surface area contributed by atoms with Crippen LogP contribution in [0.5, 0.6) is 0 Å². The second-order valence-electron chi connectivity index (χ2n) is 6.33. The summed E-state index contributed by atoms with van der Waals surface area (Å²) >= 11 is 0. The number of rotatable bonds is 6. The van der Waals surface area contributed by atoms with Crippen molar-refractivity contribution in [2.45, 2.75) is 51.9 Å². The number of hydrogen-bond donors (Lipinski definition) is 1. The fraction of sp³-hybridized carbons (Fsp3) is 0.667. The van der Waals surface area contributed by atoms with Crippen LogP contribution in [0.3, 0.4) is 0 Å². The van der Waals surface area contributed by atoms with Gasteiger partial charge in [-0.05, 0) is 49.2 Å². The lowest BCUT2D eigenvalue weighted by Gasteiger charge is -2.29. The molecule has 3 atom stereocenters. The summed E-state index contributed by atoms with van der Waals surface area (Å²) in [6, 6.07) is 10.9. The van der Waals surface area contributed by atoms with Crippen molar-refractivity contribution in [3.63, 3.8) is 0 Å². The molecule has 0 spiro atoms. The third-order valence-electron chi connectivity index (χ3n) is 4.82. The normalized spacial score (nSPS) is 25.2. The van der Waals surface area contributed by atoms with Crippen LogP contribution in [-0.2, 0) is 0 Å². The zero-order chi connectivity index (χ0) is 13.5. The number of nitrogens with one attached hydrogen (secondary N) is 1. The van der Waals surface area contributed by atoms with E-state index in [1.807, 2.05) is 0 Å². The van der Waals surface area contributed by atoms with Crippen LogP contribution in [0.1, 0.15) is 57.4 Å². The maximum Gasteiger partial charge on any atom is -0.00180 e. The highest BCUT2D eigenvalue weighted by Gasteiger charge is 2.20. The van der Waals surface area contributed by atoms with Gasteiger partial charge < -0.3 is 5.32 Å². The quantitative estimate of drug-likeness (QED) is 0.736. The maximum atomic E-state index is 3.69. The van der Waals surface area contributed by atoms with Gasteiger partial charge in [0.2, 0.25) is 0 Å². The standard InChI is InChI=1S/C18H29N/c1-15-8-6-7-11-18(15)14-19-13-12-16(2)17-9-4-3-5-10-17/h3-5,9-10,15-16,18-19H,6-8,11-14H2,1-2H3. The van der Waals surface area contributed by atoms with Crippen LogP contribution in [0.2, 0.25) is 0 Å². The minimum Gasteiger partial charge on any atom is -0.316 e. The van der Waals surface area contributed by atoms with Gasteiger partial charge in [0.1, 0.15) is 0 Å². The highest BCUT2D eigenvalue weighted by atomic mass is 14.9. The highest BCUT2D eigenvalue weighted by molar-refractivity contribution is 5.18. The molecule has 1 nitrogen and oxygen atoms in total. The van der Waals surface area contributed by atoms with E-state index < -0.39 is 0 Å². The zero-order valence-electron chi connectivity index (χ0n) is 12.6. The summed E-state index contributed by atoms with van der Waals surface area (Å²) in [6.45, 7) is 7.14. The van der Waals surface area contributed by atoms with E-state index in [9.17, 15) is 0 Å². The molecule has 3 unspecified atom stereocenters. The maximum absolute atomic E-state index is 3.69. The van der Waals surface area contributed by atoms with Crippen molar-refractivity contribution in [2.24, 2.45) is 11.8 Å². The molecule has 19 heavy (non-hydrogen) atoms. The Hall–Kier alpha value is -0.820. The van der Waals surface area contributed by atoms with Crippen LogP contribution in [0.25, 0.3) is 0 Å². The van der Waals surface area contributed by atoms with Crippen LogP contribution in [0, 0.1) is 11.8 Å². The molecule has 1 N–H and O–H groups in total. The fourth-order valence-corrected chi connectivity index (χ4v) is 3.25. The predicted octanol–water partition coefficient (Wildman–Crippen LogP) is 4.60. The summed E-state index contributed by atoms with van der Waals surface area (Å²) in [5, 5.41) is 3.69. The lowest BCUT2D eigenvalue weighted by Crippen LogP contribution is -2.30. The van der Waals surface area contributed by atoms with Gasteiger partial charge in [-0.1, -0.05) is 63.4 Å². The Balaban J connectivity index is 1.64. The molecule has 0 amide bonds. The van der Waals surface area contributed by atoms with E-state index in [2.05, 4.69) is 49.5 Å². The van der Waals surface area contributed by atoms with Gasteiger partial charge in [0.25, 0.3) is 0 Å². The van der Waals surface area contributed by atoms with Crippen LogP contribution in [0.4, 0.5) is 0 Å². The van der Waals surface area contributed by atoms with Crippen LogP contribution in [0.15, 0.2) is 30.3 Å². The molecule has 1 heteroatoms. The van der Waals surface area contributed by atoms with E-state index in [1.54, 1.807) is 0 Å². The van der Waals surface area contributed by atoms with Crippen molar-refractivity contribution >= 4 is 0 Å². The Morgan fingerprint density at radius 2 is 1.89 bits per heavy atom. The topological polar surface area (TPSA) is 12.0 Å². The second-order valence-corrected chi connectivity index (χ2v) is 6.33. The molecule has 1 aromatic carbocycles. The Bertz CT molecular complexity index is 346. The molecule has 1 aliphatic rings. The molecule has 0 heterocycles. The van der Waals surface area contributed by atoms with Crippen molar-refractivity contribution in [1.29, 1.82) is 0 Å². The van der Waals surface area contributed by atoms with Gasteiger partial charge in [-0.25, -0.2) is 0 Å². The summed E-state index contributed by atoms with van der Waals surface area (Å²) in [5.74, 6) is 2.51. The molecule has 0 aliphatic heterocycles. The van der Waals surface area contributed by atoms with E-state index in [1.165, 1.54) is 44.2 Å². The average molecular weight is 259 g/mol. The van der Waals surface area contributed by atoms with Crippen LogP contribution >= 0.6 is 0 Å². The van der Waals surface area contributed by atoms with Crippen LogP contribution in [-0.4, -0.2) is 13.1 Å².